The monoisotopic (exact) mass is 334 g/mol. The Bertz CT molecular complexity index is 487. The van der Waals surface area contributed by atoms with E-state index < -0.39 is 0 Å². The van der Waals surface area contributed by atoms with Crippen molar-refractivity contribution in [1.29, 1.82) is 0 Å². The molecule has 0 saturated carbocycles. The van der Waals surface area contributed by atoms with Gasteiger partial charge in [0.2, 0.25) is 5.91 Å². The zero-order valence-corrected chi connectivity index (χ0v) is 14.8. The van der Waals surface area contributed by atoms with Crippen LogP contribution in [0.4, 0.5) is 5.82 Å². The van der Waals surface area contributed by atoms with Crippen molar-refractivity contribution in [3.63, 3.8) is 0 Å². The van der Waals surface area contributed by atoms with Crippen molar-refractivity contribution in [2.45, 2.75) is 32.7 Å². The molecule has 6 nitrogen and oxygen atoms in total. The Kier molecular flexibility index (Phi) is 7.46. The second-order valence-corrected chi connectivity index (χ2v) is 6.84. The molecule has 1 aromatic heterocycles. The average molecular weight is 334 g/mol. The van der Waals surface area contributed by atoms with Gasteiger partial charge < -0.3 is 15.3 Å². The molecule has 1 unspecified atom stereocenters. The van der Waals surface area contributed by atoms with Crippen molar-refractivity contribution in [1.82, 2.24) is 15.2 Å². The fourth-order valence-corrected chi connectivity index (χ4v) is 3.05. The number of carbonyl (C=O) groups excluding carboxylic acids is 1. The highest BCUT2D eigenvalue weighted by Gasteiger charge is 2.19. The molecule has 0 bridgehead atoms. The number of pyridine rings is 1. The first-order valence-corrected chi connectivity index (χ1v) is 8.87. The second-order valence-electron chi connectivity index (χ2n) is 6.84. The minimum atomic E-state index is -0.126. The number of aliphatic hydroxyl groups excluding tert-OH is 1. The Hall–Kier alpha value is -1.66. The molecule has 24 heavy (non-hydrogen) atoms. The highest BCUT2D eigenvalue weighted by molar-refractivity contribution is 5.76. The Morgan fingerprint density at radius 3 is 2.62 bits per heavy atom. The molecular weight excluding hydrogens is 304 g/mol. The van der Waals surface area contributed by atoms with Crippen LogP contribution in [0.3, 0.4) is 0 Å². The number of rotatable bonds is 8. The summed E-state index contributed by atoms with van der Waals surface area (Å²) in [6, 6.07) is 5.84. The summed E-state index contributed by atoms with van der Waals surface area (Å²) in [5.74, 6) is 1.51. The molecule has 0 aromatic carbocycles. The van der Waals surface area contributed by atoms with Crippen LogP contribution in [0, 0.1) is 5.92 Å². The van der Waals surface area contributed by atoms with E-state index in [0.29, 0.717) is 12.3 Å². The lowest BCUT2D eigenvalue weighted by molar-refractivity contribution is -0.122. The maximum atomic E-state index is 12.1. The van der Waals surface area contributed by atoms with Gasteiger partial charge in [-0.25, -0.2) is 4.98 Å². The maximum absolute atomic E-state index is 12.1. The van der Waals surface area contributed by atoms with Crippen LogP contribution in [0.25, 0.3) is 0 Å². The van der Waals surface area contributed by atoms with Crippen molar-refractivity contribution in [2.24, 2.45) is 5.92 Å². The molecule has 1 aromatic rings. The number of nitrogens with one attached hydrogen (secondary N) is 1. The van der Waals surface area contributed by atoms with Gasteiger partial charge in [-0.15, -0.1) is 0 Å². The van der Waals surface area contributed by atoms with E-state index in [9.17, 15) is 9.90 Å². The third kappa shape index (κ3) is 6.09. The quantitative estimate of drug-likeness (QED) is 0.745. The first kappa shape index (κ1) is 18.7. The van der Waals surface area contributed by atoms with Crippen molar-refractivity contribution in [3.8, 4) is 0 Å². The molecule has 134 valence electrons. The lowest BCUT2D eigenvalue weighted by Gasteiger charge is -2.35. The first-order valence-electron chi connectivity index (χ1n) is 8.87. The number of anilines is 1. The van der Waals surface area contributed by atoms with Crippen LogP contribution in [0.5, 0.6) is 0 Å². The summed E-state index contributed by atoms with van der Waals surface area (Å²) in [7, 11) is 0. The van der Waals surface area contributed by atoms with Gasteiger partial charge in [0.15, 0.2) is 0 Å². The van der Waals surface area contributed by atoms with Gasteiger partial charge in [-0.05, 0) is 24.5 Å². The molecule has 2 rings (SSSR count). The van der Waals surface area contributed by atoms with Crippen LogP contribution in [-0.4, -0.2) is 66.3 Å². The van der Waals surface area contributed by atoms with Gasteiger partial charge in [0.25, 0.3) is 0 Å². The lowest BCUT2D eigenvalue weighted by Crippen LogP contribution is -2.48. The number of aliphatic hydroxyl groups is 1. The summed E-state index contributed by atoms with van der Waals surface area (Å²) >= 11 is 0. The molecule has 0 aliphatic carbocycles. The number of piperazine rings is 1. The van der Waals surface area contributed by atoms with Crippen LogP contribution < -0.4 is 10.2 Å². The zero-order chi connectivity index (χ0) is 17.4. The molecule has 2 heterocycles. The first-order chi connectivity index (χ1) is 11.6. The van der Waals surface area contributed by atoms with Gasteiger partial charge in [0, 0.05) is 45.3 Å². The van der Waals surface area contributed by atoms with Crippen LogP contribution >= 0.6 is 0 Å². The van der Waals surface area contributed by atoms with Crippen molar-refractivity contribution < 1.29 is 9.90 Å². The van der Waals surface area contributed by atoms with Crippen molar-refractivity contribution >= 4 is 11.7 Å². The Morgan fingerprint density at radius 1 is 1.29 bits per heavy atom. The number of hydrogen-bond donors (Lipinski definition) is 2. The van der Waals surface area contributed by atoms with Gasteiger partial charge in [0.05, 0.1) is 12.6 Å². The normalized spacial score (nSPS) is 17.1. The van der Waals surface area contributed by atoms with Crippen LogP contribution in [-0.2, 0) is 4.79 Å². The number of amides is 1. The number of hydrogen-bond acceptors (Lipinski definition) is 5. The summed E-state index contributed by atoms with van der Waals surface area (Å²) in [5, 5.41) is 12.3. The standard InChI is InChI=1S/C18H30N4O2/c1-15(2)13-16(14-23)20-18(24)6-8-21-9-11-22(12-10-21)17-5-3-4-7-19-17/h3-5,7,15-16,23H,6,8-14H2,1-2H3,(H,20,24). The smallest absolute Gasteiger partial charge is 0.221 e. The van der Waals surface area contributed by atoms with Gasteiger partial charge in [0.1, 0.15) is 5.82 Å². The van der Waals surface area contributed by atoms with Crippen molar-refractivity contribution in [3.05, 3.63) is 24.4 Å². The number of carbonyl (C=O) groups is 1. The summed E-state index contributed by atoms with van der Waals surface area (Å²) in [6.07, 6.45) is 3.12. The van der Waals surface area contributed by atoms with Gasteiger partial charge >= 0.3 is 0 Å². The Balaban J connectivity index is 1.67. The van der Waals surface area contributed by atoms with E-state index in [1.54, 1.807) is 0 Å². The van der Waals surface area contributed by atoms with Gasteiger partial charge in [-0.1, -0.05) is 19.9 Å². The predicted octanol–water partition coefficient (Wildman–Crippen LogP) is 1.12. The molecule has 1 atom stereocenters. The molecule has 6 heteroatoms. The highest BCUT2D eigenvalue weighted by atomic mass is 16.3. The van der Waals surface area contributed by atoms with E-state index in [-0.39, 0.29) is 18.6 Å². The molecule has 1 saturated heterocycles. The zero-order valence-electron chi connectivity index (χ0n) is 14.8. The lowest BCUT2D eigenvalue weighted by atomic mass is 10.0. The summed E-state index contributed by atoms with van der Waals surface area (Å²) in [4.78, 5) is 21.0. The molecule has 0 radical (unpaired) electrons. The van der Waals surface area contributed by atoms with Crippen LogP contribution in [0.1, 0.15) is 26.7 Å². The minimum Gasteiger partial charge on any atom is -0.394 e. The minimum absolute atomic E-state index is 0.00662. The highest BCUT2D eigenvalue weighted by Crippen LogP contribution is 2.12. The summed E-state index contributed by atoms with van der Waals surface area (Å²) < 4.78 is 0. The molecule has 1 fully saturated rings. The topological polar surface area (TPSA) is 68.7 Å². The Morgan fingerprint density at radius 2 is 2.04 bits per heavy atom. The van der Waals surface area contributed by atoms with Crippen LogP contribution in [0.2, 0.25) is 0 Å². The third-order valence-electron chi connectivity index (χ3n) is 4.34. The molecule has 2 N–H and O–H groups in total. The Labute approximate surface area is 144 Å². The fraction of sp³-hybridized carbons (Fsp3) is 0.667. The summed E-state index contributed by atoms with van der Waals surface area (Å²) in [6.45, 7) is 8.72. The van der Waals surface area contributed by atoms with E-state index in [0.717, 1.165) is 45.0 Å². The molecule has 1 aliphatic heterocycles. The van der Waals surface area contributed by atoms with Gasteiger partial charge in [-0.2, -0.15) is 0 Å². The maximum Gasteiger partial charge on any atom is 0.221 e. The fourth-order valence-electron chi connectivity index (χ4n) is 3.05. The van der Waals surface area contributed by atoms with E-state index >= 15 is 0 Å². The number of nitrogens with zero attached hydrogens (tertiary/aromatic N) is 3. The van der Waals surface area contributed by atoms with Gasteiger partial charge in [-0.3, -0.25) is 9.69 Å². The van der Waals surface area contributed by atoms with Crippen LogP contribution in [0.15, 0.2) is 24.4 Å². The summed E-state index contributed by atoms with van der Waals surface area (Å²) in [5.41, 5.74) is 0. The molecule has 1 amide bonds. The largest absolute Gasteiger partial charge is 0.394 e. The molecule has 1 aliphatic rings. The second kappa shape index (κ2) is 9.59. The van der Waals surface area contributed by atoms with E-state index in [1.807, 2.05) is 24.4 Å². The van der Waals surface area contributed by atoms with E-state index in [1.165, 1.54) is 0 Å². The SMILES string of the molecule is CC(C)CC(CO)NC(=O)CCN1CCN(c2ccccn2)CC1. The third-order valence-corrected chi connectivity index (χ3v) is 4.34. The van der Waals surface area contributed by atoms with E-state index in [2.05, 4.69) is 33.9 Å². The molecule has 0 spiro atoms. The average Bonchev–Trinajstić information content (AvgIpc) is 2.60. The van der Waals surface area contributed by atoms with Crippen molar-refractivity contribution in [2.75, 3.05) is 44.2 Å². The number of aromatic nitrogens is 1. The van der Waals surface area contributed by atoms with E-state index in [4.69, 9.17) is 0 Å². The predicted molar refractivity (Wildman–Crippen MR) is 96.0 cm³/mol. The molecular formula is C18H30N4O2.